The zero-order valence-corrected chi connectivity index (χ0v) is 18.7. The lowest BCUT2D eigenvalue weighted by Crippen LogP contribution is -1.99. The van der Waals surface area contributed by atoms with Crippen LogP contribution in [0.3, 0.4) is 0 Å². The van der Waals surface area contributed by atoms with Gasteiger partial charge in [-0.05, 0) is 31.2 Å². The first kappa shape index (κ1) is 22.1. The molecule has 0 aliphatic rings. The molecule has 2 aromatic heterocycles. The summed E-state index contributed by atoms with van der Waals surface area (Å²) < 4.78 is 28.1. The summed E-state index contributed by atoms with van der Waals surface area (Å²) in [6.45, 7) is 2.46. The van der Waals surface area contributed by atoms with Gasteiger partial charge in [-0.3, -0.25) is 4.68 Å². The normalized spacial score (nSPS) is 10.9. The molecule has 2 aromatic carbocycles. The highest BCUT2D eigenvalue weighted by molar-refractivity contribution is 6.33. The lowest BCUT2D eigenvalue weighted by atomic mass is 10.1. The van der Waals surface area contributed by atoms with E-state index in [1.807, 2.05) is 13.0 Å². The van der Waals surface area contributed by atoms with Gasteiger partial charge in [-0.2, -0.15) is 10.4 Å². The number of aryl methyl sites for hydroxylation is 1. The average Bonchev–Trinajstić information content (AvgIpc) is 3.38. The molecule has 0 atom stereocenters. The van der Waals surface area contributed by atoms with Crippen LogP contribution in [0, 0.1) is 17.1 Å². The van der Waals surface area contributed by atoms with Crippen molar-refractivity contribution in [2.75, 3.05) is 0 Å². The Kier molecular flexibility index (Phi) is 6.33. The smallest absolute Gasteiger partial charge is 0.267 e. The van der Waals surface area contributed by atoms with Crippen molar-refractivity contribution in [3.05, 3.63) is 74.4 Å². The molecular weight excluding hydrogens is 480 g/mol. The van der Waals surface area contributed by atoms with Crippen LogP contribution in [0.1, 0.15) is 23.9 Å². The molecule has 0 bridgehead atoms. The maximum Gasteiger partial charge on any atom is 0.267 e. The van der Waals surface area contributed by atoms with E-state index < -0.39 is 5.82 Å². The van der Waals surface area contributed by atoms with E-state index in [1.165, 1.54) is 36.5 Å². The molecule has 4 rings (SSSR count). The Balaban J connectivity index is 1.63. The Labute approximate surface area is 196 Å². The first-order valence-electron chi connectivity index (χ1n) is 9.29. The van der Waals surface area contributed by atoms with Crippen LogP contribution >= 0.6 is 34.8 Å². The third-order valence-corrected chi connectivity index (χ3v) is 5.25. The average molecular weight is 493 g/mol. The van der Waals surface area contributed by atoms with E-state index in [-0.39, 0.29) is 50.9 Å². The number of nitriles is 1. The van der Waals surface area contributed by atoms with Crippen molar-refractivity contribution < 1.29 is 13.5 Å². The minimum absolute atomic E-state index is 0.0107. The maximum atomic E-state index is 15.2. The number of halogens is 4. The van der Waals surface area contributed by atoms with Gasteiger partial charge in [0.2, 0.25) is 5.89 Å². The summed E-state index contributed by atoms with van der Waals surface area (Å²) >= 11 is 18.3. The zero-order valence-electron chi connectivity index (χ0n) is 16.4. The fourth-order valence-corrected chi connectivity index (χ4v) is 3.64. The molecule has 0 saturated heterocycles. The SMILES string of the molecule is CCn1ncc(Cl)c1-c1nnc(Cc2ccc(Cl)c(Oc3cc(Cl)cc(C#N)c3)c2F)o1. The molecule has 162 valence electrons. The summed E-state index contributed by atoms with van der Waals surface area (Å²) in [7, 11) is 0. The number of nitrogens with zero attached hydrogens (tertiary/aromatic N) is 5. The Bertz CT molecular complexity index is 1350. The molecule has 0 radical (unpaired) electrons. The van der Waals surface area contributed by atoms with Gasteiger partial charge in [-0.15, -0.1) is 10.2 Å². The van der Waals surface area contributed by atoms with Crippen molar-refractivity contribution in [2.24, 2.45) is 0 Å². The summed E-state index contributed by atoms with van der Waals surface area (Å²) in [6.07, 6.45) is 1.48. The number of hydrogen-bond donors (Lipinski definition) is 0. The van der Waals surface area contributed by atoms with E-state index in [9.17, 15) is 0 Å². The van der Waals surface area contributed by atoms with Gasteiger partial charge in [-0.25, -0.2) is 4.39 Å². The monoisotopic (exact) mass is 491 g/mol. The molecule has 0 unspecified atom stereocenters. The van der Waals surface area contributed by atoms with Crippen molar-refractivity contribution in [3.8, 4) is 29.2 Å². The molecule has 2 heterocycles. The molecule has 0 saturated carbocycles. The number of ether oxygens (including phenoxy) is 1. The van der Waals surface area contributed by atoms with Crippen LogP contribution in [0.4, 0.5) is 4.39 Å². The molecule has 7 nitrogen and oxygen atoms in total. The second-order valence-corrected chi connectivity index (χ2v) is 7.82. The zero-order chi connectivity index (χ0) is 22.8. The van der Waals surface area contributed by atoms with Crippen LogP contribution in [0.25, 0.3) is 11.6 Å². The summed E-state index contributed by atoms with van der Waals surface area (Å²) in [6, 6.07) is 9.30. The van der Waals surface area contributed by atoms with Crippen LogP contribution in [0.2, 0.25) is 15.1 Å². The first-order valence-corrected chi connectivity index (χ1v) is 10.4. The van der Waals surface area contributed by atoms with Gasteiger partial charge >= 0.3 is 0 Å². The van der Waals surface area contributed by atoms with Gasteiger partial charge in [0.25, 0.3) is 5.89 Å². The number of aromatic nitrogens is 4. The minimum Gasteiger partial charge on any atom is -0.453 e. The molecule has 4 aromatic rings. The summed E-state index contributed by atoms with van der Waals surface area (Å²) in [5, 5.41) is 21.9. The summed E-state index contributed by atoms with van der Waals surface area (Å²) in [5.41, 5.74) is 0.976. The predicted molar refractivity (Wildman–Crippen MR) is 117 cm³/mol. The quantitative estimate of drug-likeness (QED) is 0.313. The molecular formula is C21H13Cl3FN5O2. The van der Waals surface area contributed by atoms with Crippen molar-refractivity contribution in [1.82, 2.24) is 20.0 Å². The highest BCUT2D eigenvalue weighted by atomic mass is 35.5. The Morgan fingerprint density at radius 3 is 2.72 bits per heavy atom. The van der Waals surface area contributed by atoms with Gasteiger partial charge in [0.15, 0.2) is 11.6 Å². The number of rotatable bonds is 6. The van der Waals surface area contributed by atoms with Crippen LogP contribution in [-0.4, -0.2) is 20.0 Å². The molecule has 11 heteroatoms. The molecule has 0 fully saturated rings. The van der Waals surface area contributed by atoms with Gasteiger partial charge in [0.1, 0.15) is 11.4 Å². The highest BCUT2D eigenvalue weighted by Crippen LogP contribution is 2.36. The Morgan fingerprint density at radius 1 is 1.16 bits per heavy atom. The molecule has 0 amide bonds. The van der Waals surface area contributed by atoms with Gasteiger partial charge in [0, 0.05) is 17.1 Å². The largest absolute Gasteiger partial charge is 0.453 e. The fourth-order valence-electron chi connectivity index (χ4n) is 3.01. The molecule has 0 spiro atoms. The van der Waals surface area contributed by atoms with Crippen molar-refractivity contribution in [2.45, 2.75) is 19.9 Å². The maximum absolute atomic E-state index is 15.2. The fraction of sp³-hybridized carbons (Fsp3) is 0.143. The Morgan fingerprint density at radius 2 is 1.97 bits per heavy atom. The number of hydrogen-bond acceptors (Lipinski definition) is 6. The van der Waals surface area contributed by atoms with E-state index in [1.54, 1.807) is 4.68 Å². The van der Waals surface area contributed by atoms with E-state index >= 15 is 4.39 Å². The lowest BCUT2D eigenvalue weighted by molar-refractivity contribution is 0.437. The van der Waals surface area contributed by atoms with Crippen LogP contribution in [0.5, 0.6) is 11.5 Å². The van der Waals surface area contributed by atoms with Crippen LogP contribution < -0.4 is 4.74 Å². The lowest BCUT2D eigenvalue weighted by Gasteiger charge is -2.11. The third-order valence-electron chi connectivity index (χ3n) is 4.45. The summed E-state index contributed by atoms with van der Waals surface area (Å²) in [4.78, 5) is 0. The minimum atomic E-state index is -0.702. The third kappa shape index (κ3) is 4.41. The number of benzene rings is 2. The first-order chi connectivity index (χ1) is 15.4. The predicted octanol–water partition coefficient (Wildman–Crippen LogP) is 6.31. The van der Waals surface area contributed by atoms with Crippen molar-refractivity contribution in [3.63, 3.8) is 0 Å². The van der Waals surface area contributed by atoms with Gasteiger partial charge < -0.3 is 9.15 Å². The molecule has 0 N–H and O–H groups in total. The van der Waals surface area contributed by atoms with Crippen molar-refractivity contribution in [1.29, 1.82) is 5.26 Å². The molecule has 0 aliphatic carbocycles. The van der Waals surface area contributed by atoms with E-state index in [0.717, 1.165) is 0 Å². The molecule has 32 heavy (non-hydrogen) atoms. The topological polar surface area (TPSA) is 89.8 Å². The van der Waals surface area contributed by atoms with Gasteiger partial charge in [0.05, 0.1) is 34.3 Å². The van der Waals surface area contributed by atoms with Crippen molar-refractivity contribution >= 4 is 34.8 Å². The second-order valence-electron chi connectivity index (χ2n) is 6.57. The Hall–Kier alpha value is -3.12. The van der Waals surface area contributed by atoms with Crippen LogP contribution in [0.15, 0.2) is 40.9 Å². The molecule has 0 aliphatic heterocycles. The van der Waals surface area contributed by atoms with Gasteiger partial charge in [-0.1, -0.05) is 40.9 Å². The second kappa shape index (κ2) is 9.17. The van der Waals surface area contributed by atoms with E-state index in [2.05, 4.69) is 15.3 Å². The standard InChI is InChI=1S/C21H13Cl3FN5O2/c1-2-30-19(16(24)10-27-30)21-29-28-17(32-21)7-12-3-4-15(23)20(18(12)25)31-14-6-11(9-26)5-13(22)8-14/h3-6,8,10H,2,7H2,1H3. The van der Waals surface area contributed by atoms with E-state index in [4.69, 9.17) is 49.2 Å². The van der Waals surface area contributed by atoms with Crippen LogP contribution in [-0.2, 0) is 13.0 Å². The van der Waals surface area contributed by atoms with E-state index in [0.29, 0.717) is 17.3 Å². The highest BCUT2D eigenvalue weighted by Gasteiger charge is 2.20. The summed E-state index contributed by atoms with van der Waals surface area (Å²) in [5.74, 6) is -0.385.